The van der Waals surface area contributed by atoms with Gasteiger partial charge in [0.05, 0.1) is 12.6 Å². The molecular formula is C17H42N4O4. The van der Waals surface area contributed by atoms with Crippen molar-refractivity contribution in [2.75, 3.05) is 19.6 Å². The summed E-state index contributed by atoms with van der Waals surface area (Å²) >= 11 is 0. The molecular weight excluding hydrogens is 324 g/mol. The number of quaternary nitrogens is 2. The highest BCUT2D eigenvalue weighted by Crippen LogP contribution is 1.85. The predicted molar refractivity (Wildman–Crippen MR) is 97.1 cm³/mol. The highest BCUT2D eigenvalue weighted by Gasteiger charge is 1.89. The molecule has 8 heteroatoms. The predicted octanol–water partition coefficient (Wildman–Crippen LogP) is -1.33. The standard InChI is InChI=1S/2C5H11NO2.C4H11N.C3H9N/c2*1-4(2)3-6-5(7)8;1-4(2)3-5;1-3(2)4/h2*4,6H,3H2,1-2H3,(H,7,8);4H,3,5H2,1-2H3;3H,4H2,1-2H3. The monoisotopic (exact) mass is 366 g/mol. The Kier molecular flexibility index (Phi) is 28.1. The first-order chi connectivity index (χ1) is 11.3. The Bertz CT molecular complexity index is 272. The second kappa shape index (κ2) is 22.5. The van der Waals surface area contributed by atoms with Crippen LogP contribution in [0.25, 0.3) is 0 Å². The van der Waals surface area contributed by atoms with Gasteiger partial charge in [-0.1, -0.05) is 41.5 Å². The van der Waals surface area contributed by atoms with Crippen LogP contribution in [-0.4, -0.2) is 37.9 Å². The van der Waals surface area contributed by atoms with Gasteiger partial charge in [0, 0.05) is 19.0 Å². The Hall–Kier alpha value is -1.54. The fraction of sp³-hybridized carbons (Fsp3) is 0.882. The highest BCUT2D eigenvalue weighted by molar-refractivity contribution is 5.61. The summed E-state index contributed by atoms with van der Waals surface area (Å²) in [6.07, 6.45) is -2.39. The van der Waals surface area contributed by atoms with Gasteiger partial charge in [-0.2, -0.15) is 0 Å². The first-order valence-electron chi connectivity index (χ1n) is 8.78. The number of hydrogen-bond donors (Lipinski definition) is 4. The molecule has 0 aliphatic heterocycles. The van der Waals surface area contributed by atoms with Gasteiger partial charge in [0.2, 0.25) is 0 Å². The number of carbonyl (C=O) groups is 2. The Morgan fingerprint density at radius 1 is 0.760 bits per heavy atom. The highest BCUT2D eigenvalue weighted by atomic mass is 16.4. The maximum Gasteiger partial charge on any atom is 0.134 e. The fourth-order valence-corrected chi connectivity index (χ4v) is 0.575. The van der Waals surface area contributed by atoms with Gasteiger partial charge in [-0.3, -0.25) is 0 Å². The molecule has 2 amide bonds. The van der Waals surface area contributed by atoms with E-state index in [2.05, 4.69) is 49.8 Å². The number of hydrogen-bond acceptors (Lipinski definition) is 4. The number of carboxylic acid groups (broad SMARTS) is 2. The third kappa shape index (κ3) is 85.9. The van der Waals surface area contributed by atoms with Crippen LogP contribution >= 0.6 is 0 Å². The molecule has 0 aromatic carbocycles. The van der Waals surface area contributed by atoms with E-state index >= 15 is 0 Å². The minimum Gasteiger partial charge on any atom is -0.530 e. The molecule has 0 radical (unpaired) electrons. The first kappa shape index (κ1) is 31.3. The van der Waals surface area contributed by atoms with Gasteiger partial charge < -0.3 is 41.9 Å². The second-order valence-corrected chi connectivity index (χ2v) is 7.20. The van der Waals surface area contributed by atoms with E-state index in [-0.39, 0.29) is 0 Å². The molecule has 0 aromatic rings. The van der Waals surface area contributed by atoms with Crippen LogP contribution in [0.15, 0.2) is 0 Å². The second-order valence-electron chi connectivity index (χ2n) is 7.20. The van der Waals surface area contributed by atoms with Crippen LogP contribution in [-0.2, 0) is 0 Å². The Morgan fingerprint density at radius 3 is 1.00 bits per heavy atom. The van der Waals surface area contributed by atoms with Crippen LogP contribution in [0.5, 0.6) is 0 Å². The van der Waals surface area contributed by atoms with Crippen molar-refractivity contribution in [2.45, 2.75) is 61.4 Å². The molecule has 8 N–H and O–H groups in total. The maximum atomic E-state index is 9.68. The van der Waals surface area contributed by atoms with Crippen molar-refractivity contribution in [3.63, 3.8) is 0 Å². The van der Waals surface area contributed by atoms with Gasteiger partial charge in [0.1, 0.15) is 12.2 Å². The van der Waals surface area contributed by atoms with E-state index in [0.29, 0.717) is 31.0 Å². The van der Waals surface area contributed by atoms with Crippen LogP contribution in [0.3, 0.4) is 0 Å². The third-order valence-electron chi connectivity index (χ3n) is 1.89. The van der Waals surface area contributed by atoms with Crippen molar-refractivity contribution >= 4 is 12.2 Å². The summed E-state index contributed by atoms with van der Waals surface area (Å²) in [5.74, 6) is 1.48. The number of amides is 2. The molecule has 0 saturated heterocycles. The minimum absolute atomic E-state index is 0.355. The van der Waals surface area contributed by atoms with Crippen molar-refractivity contribution in [2.24, 2.45) is 17.8 Å². The summed E-state index contributed by atoms with van der Waals surface area (Å²) < 4.78 is 0. The Morgan fingerprint density at radius 2 is 0.960 bits per heavy atom. The lowest BCUT2D eigenvalue weighted by atomic mass is 10.2. The van der Waals surface area contributed by atoms with Crippen molar-refractivity contribution < 1.29 is 31.3 Å². The summed E-state index contributed by atoms with van der Waals surface area (Å²) in [6, 6.07) is 0.583. The van der Waals surface area contributed by atoms with Crippen LogP contribution in [0.4, 0.5) is 9.59 Å². The number of nitrogens with one attached hydrogen (secondary N) is 2. The summed E-state index contributed by atoms with van der Waals surface area (Å²) in [5.41, 5.74) is 7.32. The third-order valence-corrected chi connectivity index (χ3v) is 1.89. The molecule has 0 bridgehead atoms. The largest absolute Gasteiger partial charge is 0.530 e. The van der Waals surface area contributed by atoms with Gasteiger partial charge >= 0.3 is 0 Å². The SMILES string of the molecule is CC(C)CNC(=O)[O-].CC(C)CNC(=O)[O-].CC(C)C[NH3+].CC(C)[NH3+]. The quantitative estimate of drug-likeness (QED) is 0.475. The van der Waals surface area contributed by atoms with E-state index in [1.807, 2.05) is 27.7 Å². The van der Waals surface area contributed by atoms with Crippen LogP contribution < -0.4 is 32.3 Å². The normalized spacial score (nSPS) is 9.36. The van der Waals surface area contributed by atoms with E-state index in [1.54, 1.807) is 0 Å². The van der Waals surface area contributed by atoms with E-state index in [0.717, 1.165) is 12.5 Å². The van der Waals surface area contributed by atoms with Crippen LogP contribution in [0, 0.1) is 17.8 Å². The molecule has 154 valence electrons. The average Bonchev–Trinajstić information content (AvgIpc) is 2.43. The smallest absolute Gasteiger partial charge is 0.134 e. The lowest BCUT2D eigenvalue weighted by molar-refractivity contribution is -0.407. The molecule has 0 heterocycles. The van der Waals surface area contributed by atoms with Crippen molar-refractivity contribution in [1.82, 2.24) is 10.6 Å². The molecule has 0 spiro atoms. The summed E-state index contributed by atoms with van der Waals surface area (Å²) in [5, 5.41) is 23.7. The number of rotatable bonds is 5. The molecule has 8 nitrogen and oxygen atoms in total. The van der Waals surface area contributed by atoms with Crippen LogP contribution in [0.2, 0.25) is 0 Å². The average molecular weight is 367 g/mol. The number of carbonyl (C=O) groups excluding carboxylic acids is 2. The maximum absolute atomic E-state index is 9.68. The topological polar surface area (TPSA) is 160 Å². The van der Waals surface area contributed by atoms with Crippen molar-refractivity contribution in [3.8, 4) is 0 Å². The molecule has 0 aliphatic carbocycles. The molecule has 0 aromatic heterocycles. The zero-order valence-corrected chi connectivity index (χ0v) is 17.5. The summed E-state index contributed by atoms with van der Waals surface area (Å²) in [6.45, 7) is 18.1. The molecule has 0 saturated carbocycles. The van der Waals surface area contributed by atoms with Gasteiger partial charge in [-0.15, -0.1) is 0 Å². The Balaban J connectivity index is -0.000000122. The Labute approximate surface area is 153 Å². The first-order valence-corrected chi connectivity index (χ1v) is 8.78. The van der Waals surface area contributed by atoms with Crippen molar-refractivity contribution in [1.29, 1.82) is 0 Å². The van der Waals surface area contributed by atoms with E-state index < -0.39 is 12.2 Å². The van der Waals surface area contributed by atoms with Gasteiger partial charge in [-0.25, -0.2) is 0 Å². The lowest BCUT2D eigenvalue weighted by Gasteiger charge is -2.07. The molecule has 25 heavy (non-hydrogen) atoms. The van der Waals surface area contributed by atoms with E-state index in [4.69, 9.17) is 0 Å². The molecule has 0 unspecified atom stereocenters. The molecule has 0 atom stereocenters. The summed E-state index contributed by atoms with van der Waals surface area (Å²) in [7, 11) is 0. The zero-order valence-electron chi connectivity index (χ0n) is 17.5. The van der Waals surface area contributed by atoms with E-state index in [9.17, 15) is 19.8 Å². The van der Waals surface area contributed by atoms with Gasteiger partial charge in [-0.05, 0) is 25.7 Å². The lowest BCUT2D eigenvalue weighted by Crippen LogP contribution is -2.57. The molecule has 0 rings (SSSR count). The minimum atomic E-state index is -1.20. The van der Waals surface area contributed by atoms with Crippen molar-refractivity contribution in [3.05, 3.63) is 0 Å². The van der Waals surface area contributed by atoms with E-state index in [1.165, 1.54) is 0 Å². The zero-order chi connectivity index (χ0) is 21.0. The molecule has 0 fully saturated rings. The fourth-order valence-electron chi connectivity index (χ4n) is 0.575. The van der Waals surface area contributed by atoms with Gasteiger partial charge in [0.15, 0.2) is 0 Å². The molecule has 0 aliphatic rings. The van der Waals surface area contributed by atoms with Gasteiger partial charge in [0.25, 0.3) is 0 Å². The van der Waals surface area contributed by atoms with Crippen LogP contribution in [0.1, 0.15) is 55.4 Å². The summed E-state index contributed by atoms with van der Waals surface area (Å²) in [4.78, 5) is 19.4.